The third-order valence-corrected chi connectivity index (χ3v) is 4.81. The Morgan fingerprint density at radius 1 is 1.20 bits per heavy atom. The third-order valence-electron chi connectivity index (χ3n) is 3.70. The summed E-state index contributed by atoms with van der Waals surface area (Å²) in [5, 5.41) is 9.58. The Hall–Kier alpha value is -2.80. The van der Waals surface area contributed by atoms with E-state index in [0.29, 0.717) is 5.16 Å². The molecule has 6 nitrogen and oxygen atoms in total. The molecule has 1 amide bonds. The lowest BCUT2D eigenvalue weighted by molar-refractivity contribution is -0.115. The molecule has 2 aromatic carbocycles. The van der Waals surface area contributed by atoms with Gasteiger partial charge in [-0.2, -0.15) is 4.98 Å². The van der Waals surface area contributed by atoms with Crippen molar-refractivity contribution in [1.82, 2.24) is 15.2 Å². The number of aromatic nitrogens is 3. The smallest absolute Gasteiger partial charge is 0.242 e. The van der Waals surface area contributed by atoms with Crippen LogP contribution in [0.3, 0.4) is 0 Å². The molecule has 0 unspecified atom stereocenters. The summed E-state index contributed by atoms with van der Waals surface area (Å²) >= 11 is 1.25. The highest BCUT2D eigenvalue weighted by molar-refractivity contribution is 8.00. The van der Waals surface area contributed by atoms with Gasteiger partial charge in [-0.3, -0.25) is 4.79 Å². The number of carbonyl (C=O) groups is 1. The Bertz CT molecular complexity index is 878. The molecule has 0 spiro atoms. The highest BCUT2D eigenvalue weighted by Gasteiger charge is 2.24. The minimum absolute atomic E-state index is 0.131. The normalized spacial score (nSPS) is 11.9. The fourth-order valence-corrected chi connectivity index (χ4v) is 3.31. The lowest BCUT2D eigenvalue weighted by Crippen LogP contribution is -2.19. The van der Waals surface area contributed by atoms with Gasteiger partial charge in [0.25, 0.3) is 0 Å². The summed E-state index contributed by atoms with van der Waals surface area (Å²) in [7, 11) is 0. The molecule has 0 fully saturated rings. The zero-order valence-electron chi connectivity index (χ0n) is 14.0. The van der Waals surface area contributed by atoms with Crippen molar-refractivity contribution in [3.8, 4) is 0 Å². The molecule has 128 valence electrons. The zero-order valence-corrected chi connectivity index (χ0v) is 14.8. The average molecular weight is 353 g/mol. The first-order valence-electron chi connectivity index (χ1n) is 7.80. The predicted molar refractivity (Wildman–Crippen MR) is 100 cm³/mol. The first kappa shape index (κ1) is 17.0. The van der Waals surface area contributed by atoms with E-state index in [9.17, 15) is 4.79 Å². The van der Waals surface area contributed by atoms with Crippen LogP contribution in [0.1, 0.15) is 21.9 Å². The molecule has 0 aliphatic heterocycles. The Balaban J connectivity index is 1.88. The fourth-order valence-electron chi connectivity index (χ4n) is 2.39. The summed E-state index contributed by atoms with van der Waals surface area (Å²) in [4.78, 5) is 17.0. The van der Waals surface area contributed by atoms with E-state index in [1.165, 1.54) is 11.8 Å². The highest BCUT2D eigenvalue weighted by Crippen LogP contribution is 2.34. The molecule has 0 aliphatic carbocycles. The van der Waals surface area contributed by atoms with Gasteiger partial charge in [0, 0.05) is 5.69 Å². The Morgan fingerprint density at radius 3 is 2.64 bits per heavy atom. The number of hydrogen-bond acceptors (Lipinski definition) is 5. The molecule has 1 aromatic heterocycles. The second-order valence-corrected chi connectivity index (χ2v) is 6.79. The Labute approximate surface area is 150 Å². The number of anilines is 2. The van der Waals surface area contributed by atoms with E-state index in [1.807, 2.05) is 62.4 Å². The van der Waals surface area contributed by atoms with Gasteiger partial charge in [0.15, 0.2) is 0 Å². The van der Waals surface area contributed by atoms with Crippen LogP contribution in [0.15, 0.2) is 53.7 Å². The second kappa shape index (κ2) is 7.40. The number of nitrogens with two attached hydrogens (primary N) is 1. The van der Waals surface area contributed by atoms with E-state index in [-0.39, 0.29) is 11.9 Å². The van der Waals surface area contributed by atoms with Gasteiger partial charge in [0.2, 0.25) is 17.0 Å². The molecule has 3 rings (SSSR count). The summed E-state index contributed by atoms with van der Waals surface area (Å²) in [6.07, 6.45) is 0. The summed E-state index contributed by atoms with van der Waals surface area (Å²) in [6, 6.07) is 15.5. The molecule has 7 heteroatoms. The van der Waals surface area contributed by atoms with Gasteiger partial charge in [0.05, 0.1) is 0 Å². The van der Waals surface area contributed by atoms with Gasteiger partial charge in [-0.25, -0.2) is 5.10 Å². The number of nitrogens with zero attached hydrogens (tertiary/aromatic N) is 2. The largest absolute Gasteiger partial charge is 0.368 e. The molecule has 0 saturated carbocycles. The SMILES string of the molecule is Cc1ccc(C)c(NC(=O)[C@@H](Sc2n[nH]c(N)n2)c2ccccc2)c1. The van der Waals surface area contributed by atoms with Gasteiger partial charge in [-0.15, -0.1) is 5.10 Å². The average Bonchev–Trinajstić information content (AvgIpc) is 3.02. The van der Waals surface area contributed by atoms with E-state index in [2.05, 4.69) is 20.5 Å². The topological polar surface area (TPSA) is 96.7 Å². The van der Waals surface area contributed by atoms with Crippen LogP contribution in [0.25, 0.3) is 0 Å². The lowest BCUT2D eigenvalue weighted by atomic mass is 10.1. The van der Waals surface area contributed by atoms with Crippen molar-refractivity contribution in [2.45, 2.75) is 24.3 Å². The number of amides is 1. The van der Waals surface area contributed by atoms with Crippen LogP contribution in [0.4, 0.5) is 11.6 Å². The number of thioether (sulfide) groups is 1. The van der Waals surface area contributed by atoms with Gasteiger partial charge in [-0.05, 0) is 36.6 Å². The maximum Gasteiger partial charge on any atom is 0.242 e. The van der Waals surface area contributed by atoms with E-state index in [0.717, 1.165) is 22.4 Å². The van der Waals surface area contributed by atoms with Crippen molar-refractivity contribution in [2.24, 2.45) is 0 Å². The molecule has 1 heterocycles. The monoisotopic (exact) mass is 353 g/mol. The second-order valence-electron chi connectivity index (χ2n) is 5.72. The molecule has 4 N–H and O–H groups in total. The third kappa shape index (κ3) is 4.19. The van der Waals surface area contributed by atoms with Crippen molar-refractivity contribution in [3.63, 3.8) is 0 Å². The summed E-state index contributed by atoms with van der Waals surface area (Å²) in [5.41, 5.74) is 9.37. The molecule has 0 bridgehead atoms. The summed E-state index contributed by atoms with van der Waals surface area (Å²) < 4.78 is 0. The number of aryl methyl sites for hydroxylation is 2. The van der Waals surface area contributed by atoms with Crippen molar-refractivity contribution >= 4 is 29.3 Å². The lowest BCUT2D eigenvalue weighted by Gasteiger charge is -2.17. The van der Waals surface area contributed by atoms with Crippen molar-refractivity contribution in [3.05, 3.63) is 65.2 Å². The van der Waals surface area contributed by atoms with Crippen LogP contribution in [-0.4, -0.2) is 21.1 Å². The van der Waals surface area contributed by atoms with E-state index in [4.69, 9.17) is 5.73 Å². The zero-order chi connectivity index (χ0) is 17.8. The number of aromatic amines is 1. The Kier molecular flexibility index (Phi) is 5.04. The quantitative estimate of drug-likeness (QED) is 0.610. The molecule has 0 saturated heterocycles. The van der Waals surface area contributed by atoms with E-state index in [1.54, 1.807) is 0 Å². The molecule has 25 heavy (non-hydrogen) atoms. The van der Waals surface area contributed by atoms with Crippen molar-refractivity contribution < 1.29 is 4.79 Å². The van der Waals surface area contributed by atoms with E-state index >= 15 is 0 Å². The standard InChI is InChI=1S/C18H19N5OS/c1-11-8-9-12(2)14(10-11)20-16(24)15(13-6-4-3-5-7-13)25-18-21-17(19)22-23-18/h3-10,15H,1-2H3,(H,20,24)(H3,19,21,22,23)/t15-/m0/s1. The highest BCUT2D eigenvalue weighted by atomic mass is 32.2. The first-order valence-corrected chi connectivity index (χ1v) is 8.68. The molecule has 0 radical (unpaired) electrons. The van der Waals surface area contributed by atoms with E-state index < -0.39 is 5.25 Å². The Morgan fingerprint density at radius 2 is 1.96 bits per heavy atom. The van der Waals surface area contributed by atoms with Crippen LogP contribution in [-0.2, 0) is 4.79 Å². The molecule has 0 aliphatic rings. The van der Waals surface area contributed by atoms with Gasteiger partial charge >= 0.3 is 0 Å². The van der Waals surface area contributed by atoms with Crippen LogP contribution in [0, 0.1) is 13.8 Å². The molecule has 3 aromatic rings. The number of nitrogens with one attached hydrogen (secondary N) is 2. The number of hydrogen-bond donors (Lipinski definition) is 3. The van der Waals surface area contributed by atoms with Crippen molar-refractivity contribution in [2.75, 3.05) is 11.1 Å². The molecular weight excluding hydrogens is 334 g/mol. The van der Waals surface area contributed by atoms with Gasteiger partial charge in [-0.1, -0.05) is 54.2 Å². The summed E-state index contributed by atoms with van der Waals surface area (Å²) in [5.74, 6) is 0.0949. The number of carbonyl (C=O) groups excluding carboxylic acids is 1. The number of nitrogen functional groups attached to an aromatic ring is 1. The fraction of sp³-hybridized carbons (Fsp3) is 0.167. The predicted octanol–water partition coefficient (Wildman–Crippen LogP) is 3.48. The maximum atomic E-state index is 13.0. The number of benzene rings is 2. The van der Waals surface area contributed by atoms with Crippen molar-refractivity contribution in [1.29, 1.82) is 0 Å². The van der Waals surface area contributed by atoms with Crippen LogP contribution in [0.5, 0.6) is 0 Å². The minimum atomic E-state index is -0.490. The summed E-state index contributed by atoms with van der Waals surface area (Å²) in [6.45, 7) is 3.96. The minimum Gasteiger partial charge on any atom is -0.368 e. The molecule has 1 atom stereocenters. The van der Waals surface area contributed by atoms with Gasteiger partial charge < -0.3 is 11.1 Å². The number of rotatable bonds is 5. The molecular formula is C18H19N5OS. The van der Waals surface area contributed by atoms with Crippen LogP contribution >= 0.6 is 11.8 Å². The number of H-pyrrole nitrogens is 1. The van der Waals surface area contributed by atoms with Crippen LogP contribution in [0.2, 0.25) is 0 Å². The maximum absolute atomic E-state index is 13.0. The van der Waals surface area contributed by atoms with Crippen LogP contribution < -0.4 is 11.1 Å². The first-order chi connectivity index (χ1) is 12.0. The van der Waals surface area contributed by atoms with Gasteiger partial charge in [0.1, 0.15) is 5.25 Å².